The maximum atomic E-state index is 13.7. The standard InChI is InChI=1S/C33H34FN3O10S.C33H36FN3O8S/c1-35-32(38)30-26-17-25(21-5-6-21)27(18-29(26)47-31(30)22-7-9-23(34)10-8-22)36(48(3,42)43)12-13-45-14-15-46-19-20-4-11-24(33(39)44-2)28(16-20)37(40)41;1-36-32(38)30-26-17-25(21-5-6-21)28(18-29(26)45-31(30)22-7-9-23(34)10-8-22)37(46(3,40)41)12-13-43-14-15-44-19-20-4-11-24(27(35)16-20)33(39)42-2/h4,7-11,16-18,21H,5-6,12-15,19H2,1-3H3,(H,35,38);4,7-11,16-18,21H,5-6,12-15,19,35H2,1-3H3,(H,36,38). The van der Waals surface area contributed by atoms with Gasteiger partial charge >= 0.3 is 11.9 Å². The highest BCUT2D eigenvalue weighted by Gasteiger charge is 2.35. The molecule has 0 unspecified atom stereocenters. The second-order valence-electron chi connectivity index (χ2n) is 22.2. The van der Waals surface area contributed by atoms with Gasteiger partial charge < -0.3 is 53.6 Å². The lowest BCUT2D eigenvalue weighted by molar-refractivity contribution is -0.385. The van der Waals surface area contributed by atoms with E-state index < -0.39 is 60.1 Å². The van der Waals surface area contributed by atoms with E-state index in [-0.39, 0.29) is 112 Å². The quantitative estimate of drug-likeness (QED) is 0.0129. The molecule has 0 radical (unpaired) electrons. The second-order valence-corrected chi connectivity index (χ2v) is 26.0. The fourth-order valence-electron chi connectivity index (χ4n) is 10.6. The van der Waals surface area contributed by atoms with E-state index in [1.54, 1.807) is 36.4 Å². The smallest absolute Gasteiger partial charge is 0.344 e. The summed E-state index contributed by atoms with van der Waals surface area (Å²) in [6.45, 7) is 1.12. The summed E-state index contributed by atoms with van der Waals surface area (Å²) in [5.41, 5.74) is 11.9. The van der Waals surface area contributed by atoms with Crippen molar-refractivity contribution in [3.63, 3.8) is 0 Å². The second kappa shape index (κ2) is 30.2. The van der Waals surface area contributed by atoms with Crippen LogP contribution in [0.25, 0.3) is 44.6 Å². The first-order valence-corrected chi connectivity index (χ1v) is 33.4. The van der Waals surface area contributed by atoms with Crippen molar-refractivity contribution < 1.29 is 87.0 Å². The molecule has 2 aliphatic rings. The molecule has 2 aliphatic carbocycles. The van der Waals surface area contributed by atoms with E-state index in [1.807, 2.05) is 6.07 Å². The zero-order valence-corrected chi connectivity index (χ0v) is 53.9. The van der Waals surface area contributed by atoms with Crippen LogP contribution in [0.5, 0.6) is 0 Å². The molecule has 8 aromatic rings. The Morgan fingerprint density at radius 1 is 0.574 bits per heavy atom. The summed E-state index contributed by atoms with van der Waals surface area (Å²) in [4.78, 5) is 60.3. The number of nitrogens with zero attached hydrogens (tertiary/aromatic N) is 3. The SMILES string of the molecule is CNC(=O)c1c(-c2ccc(F)cc2)oc2cc(N(CCOCCOCc3ccc(C(=O)OC)c(N)c3)S(C)(=O)=O)c(C3CC3)cc12.CNC(=O)c1c(-c2ccc(F)cc2)oc2cc(N(CCOCCOCc3ccc(C(=O)OC)c([N+](=O)[O-])c3)S(C)(=O)=O)c(C3CC3)cc12. The number of nitrogens with two attached hydrogens (primary N) is 1. The first kappa shape index (κ1) is 69.0. The highest BCUT2D eigenvalue weighted by atomic mass is 32.2. The number of methoxy groups -OCH3 is 2. The van der Waals surface area contributed by atoms with E-state index in [2.05, 4.69) is 15.4 Å². The van der Waals surface area contributed by atoms with E-state index in [0.717, 1.165) is 62.0 Å². The summed E-state index contributed by atoms with van der Waals surface area (Å²) in [5, 5.41) is 17.7. The number of nitro groups is 1. The Morgan fingerprint density at radius 3 is 1.34 bits per heavy atom. The predicted molar refractivity (Wildman–Crippen MR) is 346 cm³/mol. The van der Waals surface area contributed by atoms with Gasteiger partial charge in [-0.05, 0) is 139 Å². The van der Waals surface area contributed by atoms with E-state index in [0.29, 0.717) is 61.3 Å². The molecular formula is C66H70F2N6O18S2. The molecule has 0 atom stereocenters. The van der Waals surface area contributed by atoms with Gasteiger partial charge in [-0.2, -0.15) is 0 Å². The van der Waals surface area contributed by atoms with Crippen LogP contribution in [-0.2, 0) is 61.7 Å². The van der Waals surface area contributed by atoms with Gasteiger partial charge in [-0.15, -0.1) is 0 Å². The number of fused-ring (bicyclic) bond motifs is 2. The number of nitrogens with one attached hydrogen (secondary N) is 2. The summed E-state index contributed by atoms with van der Waals surface area (Å²) in [5.74, 6) is -2.21. The first-order valence-electron chi connectivity index (χ1n) is 29.7. The number of rotatable bonds is 29. The number of carbonyl (C=O) groups excluding carboxylic acids is 4. The molecule has 0 saturated heterocycles. The molecule has 94 heavy (non-hydrogen) atoms. The minimum Gasteiger partial charge on any atom is -0.465 e. The largest absolute Gasteiger partial charge is 0.465 e. The minimum absolute atomic E-state index is 0.0148. The number of ether oxygens (including phenoxy) is 6. The summed E-state index contributed by atoms with van der Waals surface area (Å²) in [7, 11) is -2.07. The van der Waals surface area contributed by atoms with Crippen LogP contribution in [0, 0.1) is 21.7 Å². The van der Waals surface area contributed by atoms with Gasteiger partial charge in [-0.25, -0.2) is 35.2 Å². The number of carbonyl (C=O) groups is 4. The number of esters is 2. The third-order valence-electron chi connectivity index (χ3n) is 15.5. The van der Waals surface area contributed by atoms with Crippen molar-refractivity contribution in [1.82, 2.24) is 10.6 Å². The number of nitrogen functional groups attached to an aromatic ring is 1. The molecule has 2 amide bonds. The number of nitro benzene ring substituents is 1. The van der Waals surface area contributed by atoms with Crippen LogP contribution in [0.1, 0.15) is 101 Å². The highest BCUT2D eigenvalue weighted by molar-refractivity contribution is 7.92. The number of sulfonamides is 2. The third-order valence-corrected chi connectivity index (χ3v) is 17.9. The van der Waals surface area contributed by atoms with Crippen molar-refractivity contribution in [1.29, 1.82) is 0 Å². The van der Waals surface area contributed by atoms with Crippen molar-refractivity contribution in [2.75, 3.05) is 108 Å². The zero-order valence-electron chi connectivity index (χ0n) is 52.3. The summed E-state index contributed by atoms with van der Waals surface area (Å²) < 4.78 is 126. The lowest BCUT2D eigenvalue weighted by Gasteiger charge is -2.25. The van der Waals surface area contributed by atoms with Gasteiger partial charge in [0.25, 0.3) is 17.5 Å². The van der Waals surface area contributed by atoms with Crippen molar-refractivity contribution >= 4 is 88.5 Å². The van der Waals surface area contributed by atoms with Crippen LogP contribution in [0.15, 0.2) is 118 Å². The fraction of sp³-hybridized carbons (Fsp3) is 0.333. The number of furan rings is 2. The normalized spacial score (nSPS) is 13.1. The number of benzene rings is 6. The number of halogens is 2. The van der Waals surface area contributed by atoms with Gasteiger partial charge in [0.2, 0.25) is 20.0 Å². The predicted octanol–water partition coefficient (Wildman–Crippen LogP) is 10.0. The molecule has 0 aliphatic heterocycles. The summed E-state index contributed by atoms with van der Waals surface area (Å²) in [6.07, 6.45) is 5.73. The zero-order chi connectivity index (χ0) is 67.6. The Hall–Kier alpha value is -9.32. The Labute approximate surface area is 540 Å². The van der Waals surface area contributed by atoms with Gasteiger partial charge in [-0.1, -0.05) is 12.1 Å². The van der Waals surface area contributed by atoms with Crippen LogP contribution >= 0.6 is 0 Å². The number of anilines is 3. The Bertz CT molecular complexity index is 4360. The lowest BCUT2D eigenvalue weighted by Crippen LogP contribution is -2.34. The third kappa shape index (κ3) is 16.5. The molecule has 2 fully saturated rings. The number of hydrogen-bond acceptors (Lipinski definition) is 19. The van der Waals surface area contributed by atoms with Crippen molar-refractivity contribution in [3.05, 3.63) is 175 Å². The van der Waals surface area contributed by atoms with E-state index in [9.17, 15) is 54.9 Å². The monoisotopic (exact) mass is 1340 g/mol. The Balaban J connectivity index is 0.000000222. The Kier molecular flexibility index (Phi) is 22.2. The number of amides is 2. The fourth-order valence-corrected chi connectivity index (χ4v) is 12.5. The first-order chi connectivity index (χ1) is 44.9. The van der Waals surface area contributed by atoms with Crippen LogP contribution in [0.3, 0.4) is 0 Å². The van der Waals surface area contributed by atoms with Crippen LogP contribution in [-0.4, -0.2) is 139 Å². The molecule has 0 bridgehead atoms. The average molecular weight is 1340 g/mol. The Morgan fingerprint density at radius 2 is 0.968 bits per heavy atom. The highest BCUT2D eigenvalue weighted by Crippen LogP contribution is 2.50. The van der Waals surface area contributed by atoms with Gasteiger partial charge in [0.15, 0.2) is 0 Å². The summed E-state index contributed by atoms with van der Waals surface area (Å²) >= 11 is 0. The van der Waals surface area contributed by atoms with Gasteiger partial charge in [0, 0.05) is 59.9 Å². The van der Waals surface area contributed by atoms with E-state index >= 15 is 0 Å². The van der Waals surface area contributed by atoms with Crippen LogP contribution < -0.4 is 25.0 Å². The van der Waals surface area contributed by atoms with Crippen molar-refractivity contribution in [3.8, 4) is 22.6 Å². The maximum Gasteiger partial charge on any atom is 0.344 e. The topological polar surface area (TPSA) is 318 Å². The molecular weight excluding hydrogens is 1270 g/mol. The van der Waals surface area contributed by atoms with E-state index in [1.165, 1.54) is 96.5 Å². The van der Waals surface area contributed by atoms with Crippen LogP contribution in [0.2, 0.25) is 0 Å². The maximum absolute atomic E-state index is 13.7. The molecule has 4 N–H and O–H groups in total. The molecule has 2 saturated carbocycles. The van der Waals surface area contributed by atoms with Gasteiger partial charge in [0.05, 0.1) is 126 Å². The van der Waals surface area contributed by atoms with Gasteiger partial charge in [0.1, 0.15) is 39.9 Å². The van der Waals surface area contributed by atoms with E-state index in [4.69, 9.17) is 38.3 Å². The molecule has 498 valence electrons. The molecule has 6 aromatic carbocycles. The molecule has 24 nitrogen and oxygen atoms in total. The molecule has 0 spiro atoms. The van der Waals surface area contributed by atoms with Crippen molar-refractivity contribution in [2.24, 2.45) is 0 Å². The number of hydrogen-bond donors (Lipinski definition) is 3. The van der Waals surface area contributed by atoms with Crippen molar-refractivity contribution in [2.45, 2.75) is 50.7 Å². The minimum atomic E-state index is -3.78. The average Bonchev–Trinajstić information content (AvgIpc) is 1.58. The summed E-state index contributed by atoms with van der Waals surface area (Å²) in [6, 6.07) is 27.1. The molecule has 2 heterocycles. The molecule has 10 rings (SSSR count). The molecule has 2 aromatic heterocycles. The lowest BCUT2D eigenvalue weighted by atomic mass is 10.0. The van der Waals surface area contributed by atoms with Crippen LogP contribution in [0.4, 0.5) is 31.5 Å². The van der Waals surface area contributed by atoms with Gasteiger partial charge in [-0.3, -0.25) is 28.3 Å². The molecule has 28 heteroatoms.